The number of hydrogen-bond acceptors (Lipinski definition) is 6. The van der Waals surface area contributed by atoms with Gasteiger partial charge >= 0.3 is 0 Å². The van der Waals surface area contributed by atoms with E-state index in [2.05, 4.69) is 10.2 Å². The van der Waals surface area contributed by atoms with Gasteiger partial charge < -0.3 is 16.0 Å². The van der Waals surface area contributed by atoms with Gasteiger partial charge in [0, 0.05) is 28.7 Å². The molecular weight excluding hydrogens is 485 g/mol. The minimum atomic E-state index is -0.718. The van der Waals surface area contributed by atoms with Crippen molar-refractivity contribution >= 4 is 40.7 Å². The second kappa shape index (κ2) is 9.11. The number of nitrogens with one attached hydrogen (secondary N) is 1. The Morgan fingerprint density at radius 3 is 2.09 bits per heavy atom. The lowest BCUT2D eigenvalue weighted by Crippen LogP contribution is -2.60. The summed E-state index contributed by atoms with van der Waals surface area (Å²) in [5, 5.41) is 9.41. The van der Waals surface area contributed by atoms with Gasteiger partial charge in [-0.1, -0.05) is 47.5 Å². The Balaban J connectivity index is 1.68. The summed E-state index contributed by atoms with van der Waals surface area (Å²) >= 11 is 12.3. The van der Waals surface area contributed by atoms with Gasteiger partial charge in [-0.15, -0.1) is 0 Å². The highest BCUT2D eigenvalue weighted by atomic mass is 35.5. The minimum absolute atomic E-state index is 0.335. The average Bonchev–Trinajstić information content (AvgIpc) is 3.23. The molecule has 0 saturated carbocycles. The summed E-state index contributed by atoms with van der Waals surface area (Å²) in [7, 11) is 1.78. The number of rotatable bonds is 5. The smallest absolute Gasteiger partial charge is 0.237 e. The number of nitrogens with zero attached hydrogens (tertiary/aromatic N) is 5. The monoisotopic (exact) mass is 509 g/mol. The molecular formula is C25H25Cl2N7O. The van der Waals surface area contributed by atoms with Crippen molar-refractivity contribution in [3.05, 3.63) is 64.4 Å². The maximum absolute atomic E-state index is 12.1. The molecule has 0 bridgehead atoms. The molecule has 8 nitrogen and oxygen atoms in total. The quantitative estimate of drug-likeness (QED) is 0.419. The number of anilines is 1. The number of hydrogen-bond donors (Lipinski definition) is 2. The predicted molar refractivity (Wildman–Crippen MR) is 139 cm³/mol. The topological polar surface area (TPSA) is 101 Å². The Labute approximate surface area is 213 Å². The zero-order valence-electron chi connectivity index (χ0n) is 19.4. The second-order valence-corrected chi connectivity index (χ2v) is 9.60. The third-order valence-corrected chi connectivity index (χ3v) is 7.18. The second-order valence-electron chi connectivity index (χ2n) is 8.73. The van der Waals surface area contributed by atoms with Gasteiger partial charge in [-0.05, 0) is 56.6 Å². The van der Waals surface area contributed by atoms with Crippen molar-refractivity contribution in [1.82, 2.24) is 24.9 Å². The molecule has 180 valence electrons. The molecule has 1 aliphatic rings. The minimum Gasteiger partial charge on any atom is -0.368 e. The molecule has 0 aliphatic carbocycles. The Morgan fingerprint density at radius 1 is 0.971 bits per heavy atom. The molecule has 35 heavy (non-hydrogen) atoms. The number of nitrogens with two attached hydrogens (primary N) is 1. The van der Waals surface area contributed by atoms with Crippen LogP contribution >= 0.6 is 23.2 Å². The van der Waals surface area contributed by atoms with Crippen molar-refractivity contribution in [2.45, 2.75) is 25.3 Å². The fraction of sp³-hybridized carbons (Fsp3) is 0.280. The van der Waals surface area contributed by atoms with Crippen LogP contribution in [0.15, 0.2) is 48.5 Å². The average molecular weight is 510 g/mol. The molecule has 0 spiro atoms. The number of aryl methyl sites for hydroxylation is 1. The van der Waals surface area contributed by atoms with E-state index < -0.39 is 5.54 Å². The van der Waals surface area contributed by atoms with Crippen LogP contribution in [-0.2, 0) is 4.79 Å². The van der Waals surface area contributed by atoms with Gasteiger partial charge in [0.25, 0.3) is 0 Å². The van der Waals surface area contributed by atoms with Crippen LogP contribution < -0.4 is 16.0 Å². The lowest BCUT2D eigenvalue weighted by molar-refractivity contribution is -0.125. The Morgan fingerprint density at radius 2 is 1.54 bits per heavy atom. The molecule has 3 heterocycles. The summed E-state index contributed by atoms with van der Waals surface area (Å²) < 4.78 is 1.79. The van der Waals surface area contributed by atoms with Crippen LogP contribution in [0.4, 0.5) is 5.95 Å². The number of primary amides is 1. The molecule has 2 aromatic carbocycles. The van der Waals surface area contributed by atoms with Crippen molar-refractivity contribution in [2.75, 3.05) is 25.0 Å². The number of aromatic nitrogens is 4. The third-order valence-electron chi connectivity index (χ3n) is 6.68. The van der Waals surface area contributed by atoms with E-state index in [4.69, 9.17) is 44.0 Å². The van der Waals surface area contributed by atoms with Crippen LogP contribution in [0.1, 0.15) is 18.7 Å². The van der Waals surface area contributed by atoms with E-state index in [1.54, 1.807) is 11.6 Å². The predicted octanol–water partition coefficient (Wildman–Crippen LogP) is 4.12. The molecule has 10 heteroatoms. The third kappa shape index (κ3) is 4.22. The van der Waals surface area contributed by atoms with E-state index in [-0.39, 0.29) is 5.91 Å². The van der Waals surface area contributed by atoms with E-state index in [1.807, 2.05) is 55.5 Å². The lowest BCUT2D eigenvalue weighted by Gasteiger charge is -2.39. The van der Waals surface area contributed by atoms with E-state index in [0.29, 0.717) is 53.4 Å². The van der Waals surface area contributed by atoms with Gasteiger partial charge in [0.15, 0.2) is 5.65 Å². The standard InChI is InChI=1S/C25H25Cl2N7O/c1-15-30-22-20(16-3-7-18(26)8-4-16)21(17-5-9-19(27)10-6-17)32-34(22)24(31-15)33-13-11-25(29-2,12-14-33)23(28)35/h3-10,29H,11-14H2,1-2H3,(H2,28,35). The zero-order valence-corrected chi connectivity index (χ0v) is 20.9. The Hall–Kier alpha value is -3.20. The van der Waals surface area contributed by atoms with Crippen LogP contribution in [0.5, 0.6) is 0 Å². The molecule has 3 N–H and O–H groups in total. The van der Waals surface area contributed by atoms with Gasteiger partial charge in [0.05, 0.1) is 5.56 Å². The molecule has 4 aromatic rings. The molecule has 1 fully saturated rings. The van der Waals surface area contributed by atoms with Gasteiger partial charge in [-0.2, -0.15) is 14.6 Å². The lowest BCUT2D eigenvalue weighted by atomic mass is 9.87. The van der Waals surface area contributed by atoms with Crippen LogP contribution in [-0.4, -0.2) is 51.2 Å². The van der Waals surface area contributed by atoms with Gasteiger partial charge in [-0.3, -0.25) is 4.79 Å². The Bertz CT molecular complexity index is 1390. The molecule has 5 rings (SSSR count). The number of carbonyl (C=O) groups excluding carboxylic acids is 1. The van der Waals surface area contributed by atoms with Crippen molar-refractivity contribution in [3.63, 3.8) is 0 Å². The SMILES string of the molecule is CNC1(C(N)=O)CCN(c2nc(C)nc3c(-c4ccc(Cl)cc4)c(-c4ccc(Cl)cc4)nn23)CC1. The van der Waals surface area contributed by atoms with E-state index in [9.17, 15) is 4.79 Å². The molecule has 1 aliphatic heterocycles. The number of fused-ring (bicyclic) bond motifs is 1. The number of benzene rings is 2. The molecule has 1 saturated heterocycles. The number of piperidine rings is 1. The number of likely N-dealkylation sites (N-methyl/N-ethyl adjacent to an activating group) is 1. The summed E-state index contributed by atoms with van der Waals surface area (Å²) in [6.07, 6.45) is 1.14. The van der Waals surface area contributed by atoms with Crippen molar-refractivity contribution < 1.29 is 4.79 Å². The van der Waals surface area contributed by atoms with Gasteiger partial charge in [0.1, 0.15) is 17.1 Å². The number of amides is 1. The highest BCUT2D eigenvalue weighted by Gasteiger charge is 2.39. The summed E-state index contributed by atoms with van der Waals surface area (Å²) in [6, 6.07) is 15.2. The van der Waals surface area contributed by atoms with Crippen LogP contribution in [0, 0.1) is 6.92 Å². The molecule has 1 amide bonds. The van der Waals surface area contributed by atoms with Crippen molar-refractivity contribution in [2.24, 2.45) is 5.73 Å². The first-order valence-corrected chi connectivity index (χ1v) is 12.1. The fourth-order valence-electron chi connectivity index (χ4n) is 4.63. The maximum Gasteiger partial charge on any atom is 0.237 e. The normalized spacial score (nSPS) is 15.5. The van der Waals surface area contributed by atoms with Crippen LogP contribution in [0.2, 0.25) is 10.0 Å². The van der Waals surface area contributed by atoms with Gasteiger partial charge in [0.2, 0.25) is 11.9 Å². The Kier molecular flexibility index (Phi) is 6.13. The molecule has 0 atom stereocenters. The van der Waals surface area contributed by atoms with E-state index >= 15 is 0 Å². The number of carbonyl (C=O) groups is 1. The fourth-order valence-corrected chi connectivity index (χ4v) is 4.88. The molecule has 0 radical (unpaired) electrons. The van der Waals surface area contributed by atoms with Crippen molar-refractivity contribution in [1.29, 1.82) is 0 Å². The largest absolute Gasteiger partial charge is 0.368 e. The van der Waals surface area contributed by atoms with Crippen molar-refractivity contribution in [3.8, 4) is 22.4 Å². The van der Waals surface area contributed by atoms with Crippen LogP contribution in [0.25, 0.3) is 28.0 Å². The highest BCUT2D eigenvalue weighted by Crippen LogP contribution is 2.37. The van der Waals surface area contributed by atoms with Crippen LogP contribution in [0.3, 0.4) is 0 Å². The summed E-state index contributed by atoms with van der Waals surface area (Å²) in [4.78, 5) is 23.8. The first kappa shape index (κ1) is 23.5. The van der Waals surface area contributed by atoms with E-state index in [0.717, 1.165) is 22.4 Å². The zero-order chi connectivity index (χ0) is 24.7. The van der Waals surface area contributed by atoms with E-state index in [1.165, 1.54) is 0 Å². The summed E-state index contributed by atoms with van der Waals surface area (Å²) in [5.74, 6) is 0.973. The number of halogens is 2. The maximum atomic E-state index is 12.1. The highest BCUT2D eigenvalue weighted by molar-refractivity contribution is 6.31. The first-order valence-electron chi connectivity index (χ1n) is 11.3. The van der Waals surface area contributed by atoms with Gasteiger partial charge in [-0.25, -0.2) is 4.98 Å². The molecule has 0 unspecified atom stereocenters. The summed E-state index contributed by atoms with van der Waals surface area (Å²) in [6.45, 7) is 3.07. The first-order chi connectivity index (χ1) is 16.8. The summed E-state index contributed by atoms with van der Waals surface area (Å²) in [5.41, 5.74) is 9.19. The molecule has 2 aromatic heterocycles.